The molecule has 646 valence electrons. The number of ether oxygens (including phenoxy) is 7. The van der Waals surface area contributed by atoms with E-state index in [1.807, 2.05) is 85.7 Å². The van der Waals surface area contributed by atoms with Gasteiger partial charge < -0.3 is 33.2 Å². The number of unbranched alkanes of at least 4 members (excludes halogenated alkanes) is 21. The Bertz CT molecular complexity index is 3860. The average molecular weight is 1670 g/mol. The number of hydrogen-bond donors (Lipinski definition) is 0. The van der Waals surface area contributed by atoms with Gasteiger partial charge in [-0.05, 0) is 217 Å². The SMILES string of the molecule is CCCCCCCc1cnc(-c2ccc(OCCCCCCOc3cc(C(=O)OCCC(F)(F)C(F)(F)C(F)(F)C(F)(F)C(F)(F)C(F)(F)C(F)(F)C(F)(F)F)cc(OCCCCCCOc4ccc(-c5ncc(CCCCCCC)cn5)cc4)c3OCCCCCCOc3ccc(-c4ncc(CCCCCCC)cn4)cc3)cc2)nc1. The summed E-state index contributed by atoms with van der Waals surface area (Å²) in [6, 6.07) is 23.9. The summed E-state index contributed by atoms with van der Waals surface area (Å²) >= 11 is 0. The molecule has 0 fully saturated rings. The molecule has 0 atom stereocenters. The fraction of sp³-hybridized carbons (Fsp3) is 0.570. The van der Waals surface area contributed by atoms with E-state index in [0.29, 0.717) is 132 Å². The van der Waals surface area contributed by atoms with E-state index in [1.165, 1.54) is 44.9 Å². The van der Waals surface area contributed by atoms with Crippen LogP contribution in [-0.2, 0) is 24.0 Å². The van der Waals surface area contributed by atoms with Gasteiger partial charge in [0.05, 0.1) is 58.2 Å². The molecule has 0 N–H and O–H groups in total. The van der Waals surface area contributed by atoms with E-state index in [0.717, 1.165) is 116 Å². The van der Waals surface area contributed by atoms with Gasteiger partial charge in [-0.1, -0.05) is 97.8 Å². The quantitative estimate of drug-likeness (QED) is 0.0201. The normalized spacial score (nSPS) is 12.6. The van der Waals surface area contributed by atoms with Crippen LogP contribution in [0.1, 0.15) is 228 Å². The summed E-state index contributed by atoms with van der Waals surface area (Å²) in [7, 11) is 0. The molecule has 14 nitrogen and oxygen atoms in total. The Morgan fingerprint density at radius 2 is 0.564 bits per heavy atom. The summed E-state index contributed by atoms with van der Waals surface area (Å²) in [6.45, 7) is 5.17. The van der Waals surface area contributed by atoms with E-state index in [9.17, 15) is 70.7 Å². The first-order chi connectivity index (χ1) is 55.8. The molecule has 0 aliphatic rings. The van der Waals surface area contributed by atoms with Crippen LogP contribution in [0.25, 0.3) is 34.2 Å². The number of alkyl halides is 17. The summed E-state index contributed by atoms with van der Waals surface area (Å²) in [4.78, 5) is 41.0. The summed E-state index contributed by atoms with van der Waals surface area (Å²) in [5.41, 5.74) is 4.94. The Kier molecular flexibility index (Phi) is 37.9. The Balaban J connectivity index is 1.01. The smallest absolute Gasteiger partial charge is 0.460 e. The van der Waals surface area contributed by atoms with Crippen LogP contribution in [-0.4, -0.2) is 130 Å². The van der Waals surface area contributed by atoms with Crippen molar-refractivity contribution in [2.45, 2.75) is 267 Å². The standard InChI is InChI=1S/C86H105F17N6O8/c1-4-7-10-13-22-31-62-56-104-75(105-57-62)65-34-40-69(41-35-65)111-47-25-16-19-28-50-114-72-54-68(78(110)117-53-46-79(87,88)80(89,90)81(91,92)82(93,94)83(95,96)84(97,98)85(99,100)86(101,102)103)55-73(115-51-29-20-17-26-48-112-70-42-36-66(37-43-70)76-106-58-63(59-107-76)32-23-14-11-8-5-2)74(72)116-52-30-21-18-27-49-113-71-44-38-67(39-45-71)77-108-60-64(61-109-77)33-24-15-12-9-6-3/h34-45,54-61H,4-33,46-53H2,1-3H3. The average Bonchev–Trinajstić information content (AvgIpc) is 0.695. The Hall–Kier alpha value is -8.80. The molecule has 0 saturated carbocycles. The molecule has 0 aliphatic heterocycles. The van der Waals surface area contributed by atoms with Crippen molar-refractivity contribution in [3.05, 3.63) is 144 Å². The monoisotopic (exact) mass is 1670 g/mol. The minimum Gasteiger partial charge on any atom is -0.494 e. The highest BCUT2D eigenvalue weighted by atomic mass is 19.4. The Labute approximate surface area is 672 Å². The van der Waals surface area contributed by atoms with Gasteiger partial charge in [-0.3, -0.25) is 0 Å². The van der Waals surface area contributed by atoms with E-state index in [4.69, 9.17) is 28.4 Å². The first-order valence-corrected chi connectivity index (χ1v) is 40.4. The van der Waals surface area contributed by atoms with Crippen molar-refractivity contribution in [3.8, 4) is 68.7 Å². The highest BCUT2D eigenvalue weighted by molar-refractivity contribution is 5.91. The molecule has 7 rings (SSSR count). The molecule has 3 aromatic heterocycles. The number of aryl methyl sites for hydroxylation is 3. The number of halogens is 17. The number of esters is 1. The molecule has 0 radical (unpaired) electrons. The van der Waals surface area contributed by atoms with Gasteiger partial charge in [0.1, 0.15) is 17.2 Å². The van der Waals surface area contributed by atoms with Gasteiger partial charge >= 0.3 is 53.6 Å². The first kappa shape index (κ1) is 95.3. The lowest BCUT2D eigenvalue weighted by atomic mass is 9.88. The second-order valence-electron chi connectivity index (χ2n) is 29.0. The predicted molar refractivity (Wildman–Crippen MR) is 410 cm³/mol. The van der Waals surface area contributed by atoms with Gasteiger partial charge in [0.2, 0.25) is 5.75 Å². The van der Waals surface area contributed by atoms with E-state index in [2.05, 4.69) is 55.4 Å². The van der Waals surface area contributed by atoms with Gasteiger partial charge in [0, 0.05) is 53.9 Å². The molecule has 0 spiro atoms. The zero-order valence-electron chi connectivity index (χ0n) is 66.3. The summed E-state index contributed by atoms with van der Waals surface area (Å²) in [6.07, 6.45) is 26.7. The van der Waals surface area contributed by atoms with Crippen molar-refractivity contribution in [3.63, 3.8) is 0 Å². The van der Waals surface area contributed by atoms with Crippen molar-refractivity contribution in [1.29, 1.82) is 0 Å². The summed E-state index contributed by atoms with van der Waals surface area (Å²) < 4.78 is 282. The first-order valence-electron chi connectivity index (χ1n) is 40.4. The lowest BCUT2D eigenvalue weighted by Gasteiger charge is -2.42. The van der Waals surface area contributed by atoms with Gasteiger partial charge in [0.25, 0.3) is 0 Å². The minimum absolute atomic E-state index is 0.00599. The summed E-state index contributed by atoms with van der Waals surface area (Å²) in [5, 5.41) is 0. The van der Waals surface area contributed by atoms with Gasteiger partial charge in [-0.15, -0.1) is 0 Å². The van der Waals surface area contributed by atoms with Crippen molar-refractivity contribution in [2.24, 2.45) is 0 Å². The molecule has 3 heterocycles. The van der Waals surface area contributed by atoms with Gasteiger partial charge in [0.15, 0.2) is 29.0 Å². The van der Waals surface area contributed by atoms with Crippen LogP contribution in [0.4, 0.5) is 74.6 Å². The molecule has 0 saturated heterocycles. The molecule has 0 aliphatic carbocycles. The molecule has 31 heteroatoms. The van der Waals surface area contributed by atoms with Crippen molar-refractivity contribution in [1.82, 2.24) is 29.9 Å². The number of aromatic nitrogens is 6. The van der Waals surface area contributed by atoms with Crippen molar-refractivity contribution in [2.75, 3.05) is 46.2 Å². The third-order valence-corrected chi connectivity index (χ3v) is 19.5. The second kappa shape index (κ2) is 46.5. The second-order valence-corrected chi connectivity index (χ2v) is 29.0. The zero-order chi connectivity index (χ0) is 85.0. The fourth-order valence-electron chi connectivity index (χ4n) is 12.3. The number of hydrogen-bond acceptors (Lipinski definition) is 14. The third-order valence-electron chi connectivity index (χ3n) is 19.5. The molecule has 0 amide bonds. The topological polar surface area (TPSA) is 159 Å². The van der Waals surface area contributed by atoms with Crippen LogP contribution >= 0.6 is 0 Å². The number of carbonyl (C=O) groups excluding carboxylic acids is 1. The zero-order valence-corrected chi connectivity index (χ0v) is 66.3. The minimum atomic E-state index is -8.80. The van der Waals surface area contributed by atoms with Crippen LogP contribution in [0.5, 0.6) is 34.5 Å². The van der Waals surface area contributed by atoms with E-state index in [-0.39, 0.29) is 37.1 Å². The Morgan fingerprint density at radius 3 is 0.863 bits per heavy atom. The number of nitrogens with zero attached hydrogens (tertiary/aromatic N) is 6. The molecular formula is C86H105F17N6O8. The molecule has 0 unspecified atom stereocenters. The maximum atomic E-state index is 15.1. The lowest BCUT2D eigenvalue weighted by molar-refractivity contribution is -0.461. The lowest BCUT2D eigenvalue weighted by Crippen LogP contribution is -2.74. The maximum absolute atomic E-state index is 15.1. The van der Waals surface area contributed by atoms with Crippen LogP contribution in [0.3, 0.4) is 0 Å². The number of benzene rings is 4. The molecular weight excluding hydrogens is 1570 g/mol. The number of rotatable bonds is 58. The fourth-order valence-corrected chi connectivity index (χ4v) is 12.3. The Morgan fingerprint density at radius 1 is 0.299 bits per heavy atom. The van der Waals surface area contributed by atoms with Crippen molar-refractivity contribution >= 4 is 5.97 Å². The molecule has 117 heavy (non-hydrogen) atoms. The molecule has 4 aromatic carbocycles. The molecule has 0 bridgehead atoms. The highest BCUT2D eigenvalue weighted by Gasteiger charge is 2.95. The highest BCUT2D eigenvalue weighted by Crippen LogP contribution is 2.64. The molecule has 7 aromatic rings. The third kappa shape index (κ3) is 27.6. The van der Waals surface area contributed by atoms with Crippen LogP contribution < -0.4 is 28.4 Å². The maximum Gasteiger partial charge on any atom is 0.460 e. The van der Waals surface area contributed by atoms with Gasteiger partial charge in [-0.2, -0.15) is 74.6 Å². The van der Waals surface area contributed by atoms with Gasteiger partial charge in [-0.25, -0.2) is 34.7 Å². The summed E-state index contributed by atoms with van der Waals surface area (Å²) in [5.74, 6) is -56.5. The number of carbonyl (C=O) groups is 1. The van der Waals surface area contributed by atoms with Crippen LogP contribution in [0, 0.1) is 0 Å². The van der Waals surface area contributed by atoms with Crippen LogP contribution in [0.15, 0.2) is 122 Å². The predicted octanol–water partition coefficient (Wildman–Crippen LogP) is 25.2. The van der Waals surface area contributed by atoms with E-state index in [1.54, 1.807) is 24.3 Å². The van der Waals surface area contributed by atoms with Crippen molar-refractivity contribution < 1.29 is 113 Å². The largest absolute Gasteiger partial charge is 0.494 e. The van der Waals surface area contributed by atoms with E-state index >= 15 is 8.78 Å². The van der Waals surface area contributed by atoms with E-state index < -0.39 is 72.2 Å². The van der Waals surface area contributed by atoms with Crippen LogP contribution in [0.2, 0.25) is 0 Å².